The van der Waals surface area contributed by atoms with Gasteiger partial charge in [-0.1, -0.05) is 18.0 Å². The lowest BCUT2D eigenvalue weighted by molar-refractivity contribution is -0.136. The van der Waals surface area contributed by atoms with E-state index in [1.807, 2.05) is 0 Å². The number of benzene rings is 1. The summed E-state index contributed by atoms with van der Waals surface area (Å²) < 4.78 is 4.89. The summed E-state index contributed by atoms with van der Waals surface area (Å²) in [5, 5.41) is 9.31. The maximum atomic E-state index is 13.1. The number of carbonyl (C=O) groups excluding carboxylic acids is 4. The largest absolute Gasteiger partial charge is 0.343 e. The van der Waals surface area contributed by atoms with Crippen LogP contribution < -0.4 is 10.6 Å². The Hall–Kier alpha value is -3.56. The van der Waals surface area contributed by atoms with E-state index in [2.05, 4.69) is 20.8 Å². The van der Waals surface area contributed by atoms with Crippen molar-refractivity contribution in [3.05, 3.63) is 47.1 Å². The Morgan fingerprint density at radius 3 is 2.74 bits per heavy atom. The van der Waals surface area contributed by atoms with Crippen LogP contribution in [0.15, 0.2) is 29.1 Å². The summed E-state index contributed by atoms with van der Waals surface area (Å²) in [4.78, 5) is 55.1. The summed E-state index contributed by atoms with van der Waals surface area (Å²) in [5.74, 6) is -0.860. The molecule has 1 unspecified atom stereocenters. The molecular formula is C21H21N5O5. The van der Waals surface area contributed by atoms with E-state index < -0.39 is 17.5 Å². The number of imide groups is 1. The molecule has 4 amide bonds. The number of hydrogen-bond acceptors (Lipinski definition) is 7. The van der Waals surface area contributed by atoms with Gasteiger partial charge in [-0.3, -0.25) is 24.5 Å². The van der Waals surface area contributed by atoms with Gasteiger partial charge >= 0.3 is 0 Å². The summed E-state index contributed by atoms with van der Waals surface area (Å²) in [6, 6.07) is 4.23. The Kier molecular flexibility index (Phi) is 4.57. The van der Waals surface area contributed by atoms with E-state index in [4.69, 9.17) is 4.52 Å². The van der Waals surface area contributed by atoms with Gasteiger partial charge in [0, 0.05) is 24.1 Å². The first-order chi connectivity index (χ1) is 15.0. The van der Waals surface area contributed by atoms with Crippen molar-refractivity contribution >= 4 is 23.6 Å². The summed E-state index contributed by atoms with van der Waals surface area (Å²) in [6.45, 7) is 0.220. The van der Waals surface area contributed by atoms with Crippen LogP contribution in [-0.2, 0) is 21.7 Å². The smallest absolute Gasteiger partial charge is 0.255 e. The fourth-order valence-corrected chi connectivity index (χ4v) is 4.77. The number of hydrogen-bond donors (Lipinski definition) is 2. The number of carbonyl (C=O) groups is 4. The summed E-state index contributed by atoms with van der Waals surface area (Å²) in [6.07, 6.45) is 5.11. The third-order valence-corrected chi connectivity index (χ3v) is 6.38. The molecule has 160 valence electrons. The van der Waals surface area contributed by atoms with Crippen molar-refractivity contribution in [2.45, 2.75) is 56.7 Å². The Balaban J connectivity index is 1.36. The van der Waals surface area contributed by atoms with Gasteiger partial charge in [0.15, 0.2) is 5.82 Å². The molecule has 0 spiro atoms. The second-order valence-electron chi connectivity index (χ2n) is 8.27. The molecule has 0 bridgehead atoms. The molecule has 2 aliphatic heterocycles. The minimum absolute atomic E-state index is 0.197. The van der Waals surface area contributed by atoms with Gasteiger partial charge in [0.2, 0.25) is 18.2 Å². The van der Waals surface area contributed by atoms with E-state index in [0.717, 1.165) is 25.7 Å². The lowest BCUT2D eigenvalue weighted by Crippen LogP contribution is -2.52. The molecule has 1 atom stereocenters. The summed E-state index contributed by atoms with van der Waals surface area (Å²) >= 11 is 0. The molecule has 1 aliphatic carbocycles. The third kappa shape index (κ3) is 3.28. The zero-order chi connectivity index (χ0) is 21.6. The highest BCUT2D eigenvalue weighted by atomic mass is 16.5. The second kappa shape index (κ2) is 7.29. The van der Waals surface area contributed by atoms with Crippen molar-refractivity contribution in [1.82, 2.24) is 25.7 Å². The molecule has 2 N–H and O–H groups in total. The van der Waals surface area contributed by atoms with Gasteiger partial charge in [-0.2, -0.15) is 4.98 Å². The van der Waals surface area contributed by atoms with Gasteiger partial charge in [-0.15, -0.1) is 0 Å². The summed E-state index contributed by atoms with van der Waals surface area (Å²) in [7, 11) is 0. The molecule has 1 aromatic heterocycles. The highest BCUT2D eigenvalue weighted by molar-refractivity contribution is 6.06. The van der Waals surface area contributed by atoms with Crippen molar-refractivity contribution in [1.29, 1.82) is 0 Å². The standard InChI is InChI=1S/C21H21N5O5/c27-16-6-5-15(18(29)23-16)26-10-13-9-12(3-4-14(13)19(26)30)17(28)24-21(7-1-2-8-21)20-22-11-31-25-20/h3-4,9,11,15H,1-2,5-8,10H2,(H,24,28)(H,23,27,29). The first-order valence-corrected chi connectivity index (χ1v) is 10.3. The van der Waals surface area contributed by atoms with Gasteiger partial charge in [0.1, 0.15) is 11.6 Å². The topological polar surface area (TPSA) is 134 Å². The Morgan fingerprint density at radius 2 is 2.03 bits per heavy atom. The van der Waals surface area contributed by atoms with Crippen LogP contribution in [0.4, 0.5) is 0 Å². The quantitative estimate of drug-likeness (QED) is 0.701. The normalized spacial score (nSPS) is 22.4. The van der Waals surface area contributed by atoms with Crippen LogP contribution in [0.3, 0.4) is 0 Å². The number of aromatic nitrogens is 2. The molecule has 3 heterocycles. The maximum absolute atomic E-state index is 13.1. The fraction of sp³-hybridized carbons (Fsp3) is 0.429. The molecule has 2 fully saturated rings. The highest BCUT2D eigenvalue weighted by Gasteiger charge is 2.42. The minimum Gasteiger partial charge on any atom is -0.343 e. The zero-order valence-electron chi connectivity index (χ0n) is 16.7. The molecule has 1 saturated carbocycles. The molecule has 10 heteroatoms. The molecular weight excluding hydrogens is 402 g/mol. The molecule has 5 rings (SSSR count). The van der Waals surface area contributed by atoms with Gasteiger partial charge in [-0.05, 0) is 43.0 Å². The lowest BCUT2D eigenvalue weighted by atomic mass is 9.95. The summed E-state index contributed by atoms with van der Waals surface area (Å²) in [5.41, 5.74) is 0.918. The van der Waals surface area contributed by atoms with Crippen molar-refractivity contribution in [3.63, 3.8) is 0 Å². The van der Waals surface area contributed by atoms with Crippen LogP contribution in [0.1, 0.15) is 70.6 Å². The molecule has 3 aliphatic rings. The van der Waals surface area contributed by atoms with Gasteiger partial charge in [0.05, 0.1) is 0 Å². The van der Waals surface area contributed by atoms with Gasteiger partial charge in [-0.25, -0.2) is 0 Å². The van der Waals surface area contributed by atoms with Crippen LogP contribution in [0.25, 0.3) is 0 Å². The van der Waals surface area contributed by atoms with Crippen molar-refractivity contribution in [2.75, 3.05) is 0 Å². The fourth-order valence-electron chi connectivity index (χ4n) is 4.77. The molecule has 0 radical (unpaired) electrons. The second-order valence-corrected chi connectivity index (χ2v) is 8.27. The van der Waals surface area contributed by atoms with E-state index in [-0.39, 0.29) is 30.7 Å². The minimum atomic E-state index is -0.685. The number of fused-ring (bicyclic) bond motifs is 1. The van der Waals surface area contributed by atoms with E-state index in [1.54, 1.807) is 18.2 Å². The van der Waals surface area contributed by atoms with Crippen LogP contribution >= 0.6 is 0 Å². The average molecular weight is 423 g/mol. The molecule has 2 aromatic rings. The Morgan fingerprint density at radius 1 is 1.23 bits per heavy atom. The number of piperidine rings is 1. The first kappa shape index (κ1) is 19.4. The van der Waals surface area contributed by atoms with Crippen LogP contribution in [0, 0.1) is 0 Å². The molecule has 31 heavy (non-hydrogen) atoms. The van der Waals surface area contributed by atoms with Crippen LogP contribution in [0.2, 0.25) is 0 Å². The van der Waals surface area contributed by atoms with E-state index in [1.165, 1.54) is 11.3 Å². The molecule has 1 saturated heterocycles. The average Bonchev–Trinajstić information content (AvgIpc) is 3.49. The predicted molar refractivity (Wildman–Crippen MR) is 104 cm³/mol. The number of nitrogens with zero attached hydrogens (tertiary/aromatic N) is 3. The van der Waals surface area contributed by atoms with Crippen molar-refractivity contribution in [3.8, 4) is 0 Å². The van der Waals surface area contributed by atoms with Crippen LogP contribution in [0.5, 0.6) is 0 Å². The third-order valence-electron chi connectivity index (χ3n) is 6.38. The lowest BCUT2D eigenvalue weighted by Gasteiger charge is -2.29. The zero-order valence-corrected chi connectivity index (χ0v) is 16.7. The Labute approximate surface area is 177 Å². The first-order valence-electron chi connectivity index (χ1n) is 10.3. The maximum Gasteiger partial charge on any atom is 0.255 e. The van der Waals surface area contributed by atoms with E-state index >= 15 is 0 Å². The van der Waals surface area contributed by atoms with E-state index in [0.29, 0.717) is 28.9 Å². The Bertz CT molecular complexity index is 1070. The van der Waals surface area contributed by atoms with E-state index in [9.17, 15) is 19.2 Å². The van der Waals surface area contributed by atoms with Gasteiger partial charge < -0.3 is 14.7 Å². The predicted octanol–water partition coefficient (Wildman–Crippen LogP) is 1.03. The molecule has 1 aromatic carbocycles. The number of nitrogens with one attached hydrogen (secondary N) is 2. The SMILES string of the molecule is O=C1CCC(N2Cc3cc(C(=O)NC4(c5ncon5)CCCC4)ccc3C2=O)C(=O)N1. The highest BCUT2D eigenvalue weighted by Crippen LogP contribution is 2.37. The van der Waals surface area contributed by atoms with Gasteiger partial charge in [0.25, 0.3) is 11.8 Å². The van der Waals surface area contributed by atoms with Crippen LogP contribution in [-0.4, -0.2) is 44.7 Å². The van der Waals surface area contributed by atoms with Crippen molar-refractivity contribution < 1.29 is 23.7 Å². The number of amides is 4. The van der Waals surface area contributed by atoms with Crippen molar-refractivity contribution in [2.24, 2.45) is 0 Å². The molecule has 10 nitrogen and oxygen atoms in total. The monoisotopic (exact) mass is 423 g/mol. The number of rotatable bonds is 4.